The van der Waals surface area contributed by atoms with Crippen LogP contribution in [0.3, 0.4) is 0 Å². The zero-order chi connectivity index (χ0) is 8.27. The number of hydrogen-bond donors (Lipinski definition) is 0. The van der Waals surface area contributed by atoms with Crippen LogP contribution in [-0.4, -0.2) is 30.8 Å². The molecule has 11 heavy (non-hydrogen) atoms. The topological polar surface area (TPSA) is 20.3 Å². The van der Waals surface area contributed by atoms with E-state index in [-0.39, 0.29) is 5.78 Å². The van der Waals surface area contributed by atoms with Crippen LogP contribution >= 0.6 is 0 Å². The summed E-state index contributed by atoms with van der Waals surface area (Å²) in [5, 5.41) is 0. The van der Waals surface area contributed by atoms with Gasteiger partial charge in [0.2, 0.25) is 0 Å². The smallest absolute Gasteiger partial charge is 0.155 e. The molecule has 0 atom stereocenters. The molecule has 1 aliphatic rings. The molecule has 0 aromatic carbocycles. The number of allylic oxidation sites excluding steroid dienone is 1. The second-order valence-corrected chi connectivity index (χ2v) is 3.15. The fourth-order valence-corrected chi connectivity index (χ4v) is 1.32. The summed E-state index contributed by atoms with van der Waals surface area (Å²) in [6, 6.07) is 0. The van der Waals surface area contributed by atoms with Gasteiger partial charge in [0.1, 0.15) is 0 Å². The van der Waals surface area contributed by atoms with E-state index in [1.165, 1.54) is 0 Å². The van der Waals surface area contributed by atoms with Gasteiger partial charge in [0.15, 0.2) is 5.78 Å². The summed E-state index contributed by atoms with van der Waals surface area (Å²) in [6.07, 6.45) is 4.12. The van der Waals surface area contributed by atoms with Gasteiger partial charge in [0.25, 0.3) is 0 Å². The van der Waals surface area contributed by atoms with E-state index >= 15 is 0 Å². The van der Waals surface area contributed by atoms with E-state index in [9.17, 15) is 4.79 Å². The lowest BCUT2D eigenvalue weighted by Gasteiger charge is -2.09. The molecule has 2 heteroatoms. The van der Waals surface area contributed by atoms with Crippen molar-refractivity contribution in [2.24, 2.45) is 0 Å². The molecule has 1 aliphatic heterocycles. The van der Waals surface area contributed by atoms with Gasteiger partial charge in [-0.25, -0.2) is 0 Å². The predicted octanol–water partition coefficient (Wildman–Crippen LogP) is 1.23. The zero-order valence-electron chi connectivity index (χ0n) is 7.26. The van der Waals surface area contributed by atoms with E-state index < -0.39 is 0 Å². The monoisotopic (exact) mass is 153 g/mol. The van der Waals surface area contributed by atoms with Crippen molar-refractivity contribution >= 4 is 5.78 Å². The van der Waals surface area contributed by atoms with Crippen LogP contribution in [0.5, 0.6) is 0 Å². The number of Topliss-reactive ketones (excluding diaryl/α,β-unsaturated/α-hetero) is 1. The maximum Gasteiger partial charge on any atom is 0.155 e. The third-order valence-electron chi connectivity index (χ3n) is 2.09. The van der Waals surface area contributed by atoms with Gasteiger partial charge in [-0.2, -0.15) is 0 Å². The lowest BCUT2D eigenvalue weighted by atomic mass is 10.1. The fraction of sp³-hybridized carbons (Fsp3) is 0.667. The lowest BCUT2D eigenvalue weighted by molar-refractivity contribution is -0.113. The molecule has 0 saturated heterocycles. The number of rotatable bonds is 1. The number of ketones is 1. The van der Waals surface area contributed by atoms with Gasteiger partial charge in [0.05, 0.1) is 0 Å². The maximum atomic E-state index is 11.0. The number of nitrogens with zero attached hydrogens (tertiary/aromatic N) is 1. The number of hydrogen-bond acceptors (Lipinski definition) is 2. The molecule has 62 valence electrons. The molecule has 0 radical (unpaired) electrons. The van der Waals surface area contributed by atoms with Gasteiger partial charge in [-0.1, -0.05) is 6.08 Å². The van der Waals surface area contributed by atoms with Crippen molar-refractivity contribution in [1.82, 2.24) is 4.90 Å². The van der Waals surface area contributed by atoms with E-state index in [4.69, 9.17) is 0 Å². The maximum absolute atomic E-state index is 11.0. The number of carbonyl (C=O) groups is 1. The Balaban J connectivity index is 2.58. The molecule has 0 saturated carbocycles. The van der Waals surface area contributed by atoms with Crippen molar-refractivity contribution in [1.29, 1.82) is 0 Å². The zero-order valence-corrected chi connectivity index (χ0v) is 7.26. The molecule has 2 nitrogen and oxygen atoms in total. The first-order valence-electron chi connectivity index (χ1n) is 4.08. The molecule has 1 heterocycles. The highest BCUT2D eigenvalue weighted by Crippen LogP contribution is 2.10. The van der Waals surface area contributed by atoms with Crippen LogP contribution < -0.4 is 0 Å². The molecule has 0 N–H and O–H groups in total. The Morgan fingerprint density at radius 2 is 2.36 bits per heavy atom. The summed E-state index contributed by atoms with van der Waals surface area (Å²) in [5.74, 6) is 0.236. The van der Waals surface area contributed by atoms with Gasteiger partial charge in [-0.15, -0.1) is 0 Å². The van der Waals surface area contributed by atoms with Gasteiger partial charge < -0.3 is 4.90 Å². The van der Waals surface area contributed by atoms with Crippen LogP contribution in [0.1, 0.15) is 19.8 Å². The van der Waals surface area contributed by atoms with Crippen LogP contribution in [-0.2, 0) is 4.79 Å². The Labute approximate surface area is 67.9 Å². The third-order valence-corrected chi connectivity index (χ3v) is 2.09. The van der Waals surface area contributed by atoms with E-state index in [1.807, 2.05) is 0 Å². The largest absolute Gasteiger partial charge is 0.303 e. The van der Waals surface area contributed by atoms with Crippen molar-refractivity contribution in [2.75, 3.05) is 20.1 Å². The molecule has 0 amide bonds. The summed E-state index contributed by atoms with van der Waals surface area (Å²) >= 11 is 0. The van der Waals surface area contributed by atoms with Crippen LogP contribution in [0.2, 0.25) is 0 Å². The first-order valence-corrected chi connectivity index (χ1v) is 4.08. The van der Waals surface area contributed by atoms with Crippen molar-refractivity contribution in [3.8, 4) is 0 Å². The van der Waals surface area contributed by atoms with E-state index in [0.29, 0.717) is 0 Å². The summed E-state index contributed by atoms with van der Waals surface area (Å²) in [4.78, 5) is 13.2. The van der Waals surface area contributed by atoms with Crippen molar-refractivity contribution < 1.29 is 4.79 Å². The van der Waals surface area contributed by atoms with Crippen molar-refractivity contribution in [2.45, 2.75) is 19.8 Å². The highest BCUT2D eigenvalue weighted by atomic mass is 16.1. The molecule has 0 aliphatic carbocycles. The van der Waals surface area contributed by atoms with Crippen molar-refractivity contribution in [3.05, 3.63) is 11.6 Å². The van der Waals surface area contributed by atoms with E-state index in [1.54, 1.807) is 6.92 Å². The molecular weight excluding hydrogens is 138 g/mol. The average Bonchev–Trinajstić information content (AvgIpc) is 2.13. The summed E-state index contributed by atoms with van der Waals surface area (Å²) in [7, 11) is 2.08. The molecule has 0 fully saturated rings. The normalized spacial score (nSPS) is 20.7. The van der Waals surface area contributed by atoms with Gasteiger partial charge in [-0.05, 0) is 38.9 Å². The Hall–Kier alpha value is -0.630. The quantitative estimate of drug-likeness (QED) is 0.564. The molecule has 0 spiro atoms. The summed E-state index contributed by atoms with van der Waals surface area (Å²) in [6.45, 7) is 3.68. The number of likely N-dealkylation sites (N-methyl/N-ethyl adjacent to an activating group) is 1. The Morgan fingerprint density at radius 3 is 3.00 bits per heavy atom. The predicted molar refractivity (Wildman–Crippen MR) is 45.5 cm³/mol. The lowest BCUT2D eigenvalue weighted by Crippen LogP contribution is -2.17. The van der Waals surface area contributed by atoms with Crippen LogP contribution in [0.4, 0.5) is 0 Å². The number of carbonyl (C=O) groups excluding carboxylic acids is 1. The third kappa shape index (κ3) is 2.46. The average molecular weight is 153 g/mol. The Kier molecular flexibility index (Phi) is 2.83. The standard InChI is InChI=1S/C9H15NO/c1-8(11)9-4-3-6-10(2)7-5-9/h5H,3-4,6-7H2,1-2H3. The second kappa shape index (κ2) is 3.67. The fourth-order valence-electron chi connectivity index (χ4n) is 1.32. The molecule has 0 bridgehead atoms. The highest BCUT2D eigenvalue weighted by Gasteiger charge is 2.08. The summed E-state index contributed by atoms with van der Waals surface area (Å²) in [5.41, 5.74) is 1.01. The molecule has 0 aromatic heterocycles. The highest BCUT2D eigenvalue weighted by molar-refractivity contribution is 5.93. The van der Waals surface area contributed by atoms with E-state index in [2.05, 4.69) is 18.0 Å². The van der Waals surface area contributed by atoms with Gasteiger partial charge >= 0.3 is 0 Å². The van der Waals surface area contributed by atoms with Crippen LogP contribution in [0, 0.1) is 0 Å². The first-order chi connectivity index (χ1) is 5.20. The molecule has 0 unspecified atom stereocenters. The summed E-state index contributed by atoms with van der Waals surface area (Å²) < 4.78 is 0. The first kappa shape index (κ1) is 8.47. The Bertz CT molecular complexity index is 184. The molecule has 0 aromatic rings. The van der Waals surface area contributed by atoms with Crippen LogP contribution in [0.25, 0.3) is 0 Å². The second-order valence-electron chi connectivity index (χ2n) is 3.15. The van der Waals surface area contributed by atoms with Gasteiger partial charge in [0, 0.05) is 6.54 Å². The minimum Gasteiger partial charge on any atom is -0.303 e. The Morgan fingerprint density at radius 1 is 1.64 bits per heavy atom. The van der Waals surface area contributed by atoms with Crippen LogP contribution in [0.15, 0.2) is 11.6 Å². The minimum absolute atomic E-state index is 0.236. The molecular formula is C9H15NO. The van der Waals surface area contributed by atoms with Crippen molar-refractivity contribution in [3.63, 3.8) is 0 Å². The SMILES string of the molecule is CC(=O)C1=CCN(C)CCC1. The minimum atomic E-state index is 0.236. The van der Waals surface area contributed by atoms with E-state index in [0.717, 1.165) is 31.5 Å². The van der Waals surface area contributed by atoms with Gasteiger partial charge in [-0.3, -0.25) is 4.79 Å². The molecule has 1 rings (SSSR count).